The number of aromatic nitrogens is 2. The molecule has 18 heavy (non-hydrogen) atoms. The number of benzene rings is 1. The molecule has 96 valence electrons. The minimum absolute atomic E-state index is 0.00389. The number of nitrogens with zero attached hydrogens (tertiary/aromatic N) is 2. The minimum atomic E-state index is 0.00389. The fourth-order valence-electron chi connectivity index (χ4n) is 1.53. The summed E-state index contributed by atoms with van der Waals surface area (Å²) in [6.45, 7) is 1.90. The zero-order chi connectivity index (χ0) is 13.1. The molecule has 1 aromatic carbocycles. The Morgan fingerprint density at radius 3 is 2.94 bits per heavy atom. The van der Waals surface area contributed by atoms with Gasteiger partial charge in [0, 0.05) is 16.9 Å². The Kier molecular flexibility index (Phi) is 3.98. The van der Waals surface area contributed by atoms with Crippen LogP contribution < -0.4 is 10.5 Å². The first kappa shape index (κ1) is 13.0. The van der Waals surface area contributed by atoms with Crippen LogP contribution in [0.5, 0.6) is 5.75 Å². The van der Waals surface area contributed by atoms with Crippen LogP contribution in [0, 0.1) is 0 Å². The summed E-state index contributed by atoms with van der Waals surface area (Å²) in [6.07, 6.45) is 0.588. The topological polar surface area (TPSA) is 74.2 Å². The van der Waals surface area contributed by atoms with Gasteiger partial charge in [-0.25, -0.2) is 0 Å². The highest BCUT2D eigenvalue weighted by atomic mass is 79.9. The molecule has 2 aromatic rings. The lowest BCUT2D eigenvalue weighted by Gasteiger charge is -2.03. The molecule has 0 spiro atoms. The summed E-state index contributed by atoms with van der Waals surface area (Å²) < 4.78 is 11.3. The smallest absolute Gasteiger partial charge is 0.259 e. The minimum Gasteiger partial charge on any atom is -0.497 e. The Morgan fingerprint density at radius 2 is 2.28 bits per heavy atom. The largest absolute Gasteiger partial charge is 0.497 e. The van der Waals surface area contributed by atoms with Crippen LogP contribution in [0.4, 0.5) is 0 Å². The van der Waals surface area contributed by atoms with Crippen molar-refractivity contribution in [3.05, 3.63) is 28.5 Å². The molecule has 0 amide bonds. The molecule has 0 bridgehead atoms. The molecule has 1 aromatic heterocycles. The summed E-state index contributed by atoms with van der Waals surface area (Å²) in [5.74, 6) is 1.80. The fourth-order valence-corrected chi connectivity index (χ4v) is 1.95. The second kappa shape index (κ2) is 5.49. The second-order valence-electron chi connectivity index (χ2n) is 4.04. The van der Waals surface area contributed by atoms with E-state index in [0.29, 0.717) is 18.1 Å². The molecule has 1 heterocycles. The van der Waals surface area contributed by atoms with E-state index in [1.807, 2.05) is 25.1 Å². The Morgan fingerprint density at radius 1 is 1.50 bits per heavy atom. The van der Waals surface area contributed by atoms with Crippen molar-refractivity contribution in [3.8, 4) is 17.2 Å². The highest BCUT2D eigenvalue weighted by Crippen LogP contribution is 2.30. The molecule has 0 radical (unpaired) electrons. The Balaban J connectivity index is 2.33. The van der Waals surface area contributed by atoms with Crippen LogP contribution in [0.1, 0.15) is 12.7 Å². The second-order valence-corrected chi connectivity index (χ2v) is 4.90. The highest BCUT2D eigenvalue weighted by molar-refractivity contribution is 9.10. The van der Waals surface area contributed by atoms with Crippen molar-refractivity contribution in [3.63, 3.8) is 0 Å². The molecule has 0 saturated heterocycles. The Labute approximate surface area is 113 Å². The van der Waals surface area contributed by atoms with Crippen molar-refractivity contribution < 1.29 is 9.26 Å². The van der Waals surface area contributed by atoms with Crippen molar-refractivity contribution in [2.45, 2.75) is 19.4 Å². The van der Waals surface area contributed by atoms with Gasteiger partial charge in [-0.15, -0.1) is 0 Å². The molecule has 0 aliphatic rings. The van der Waals surface area contributed by atoms with Gasteiger partial charge < -0.3 is 15.0 Å². The van der Waals surface area contributed by atoms with Crippen molar-refractivity contribution in [2.24, 2.45) is 5.73 Å². The molecular formula is C12H14BrN3O2. The molecule has 6 heteroatoms. The molecule has 1 atom stereocenters. The number of hydrogen-bond acceptors (Lipinski definition) is 5. The Bertz CT molecular complexity index is 540. The van der Waals surface area contributed by atoms with Crippen LogP contribution in [0.25, 0.3) is 11.5 Å². The third-order valence-corrected chi connectivity index (χ3v) is 3.07. The van der Waals surface area contributed by atoms with Gasteiger partial charge in [-0.3, -0.25) is 0 Å². The quantitative estimate of drug-likeness (QED) is 0.938. The molecule has 5 nitrogen and oxygen atoms in total. The third-order valence-electron chi connectivity index (χ3n) is 2.38. The average molecular weight is 312 g/mol. The lowest BCUT2D eigenvalue weighted by molar-refractivity contribution is 0.411. The van der Waals surface area contributed by atoms with E-state index in [1.165, 1.54) is 0 Å². The Hall–Kier alpha value is -1.40. The molecule has 0 fully saturated rings. The summed E-state index contributed by atoms with van der Waals surface area (Å²) in [7, 11) is 1.61. The normalized spacial score (nSPS) is 12.4. The highest BCUT2D eigenvalue weighted by Gasteiger charge is 2.13. The maximum atomic E-state index is 5.70. The SMILES string of the molecule is COc1ccc(Br)c(-c2nc(CC(C)N)no2)c1. The molecular weight excluding hydrogens is 298 g/mol. The first-order valence-corrected chi connectivity index (χ1v) is 6.31. The van der Waals surface area contributed by atoms with E-state index in [-0.39, 0.29) is 6.04 Å². The number of rotatable bonds is 4. The standard InChI is InChI=1S/C12H14BrN3O2/c1-7(14)5-11-15-12(18-16-11)9-6-8(17-2)3-4-10(9)13/h3-4,6-7H,5,14H2,1-2H3. The van der Waals surface area contributed by atoms with Crippen LogP contribution >= 0.6 is 15.9 Å². The predicted molar refractivity (Wildman–Crippen MR) is 71.3 cm³/mol. The van der Waals surface area contributed by atoms with Gasteiger partial charge in [-0.2, -0.15) is 4.98 Å². The van der Waals surface area contributed by atoms with Gasteiger partial charge in [-0.05, 0) is 41.1 Å². The third kappa shape index (κ3) is 2.88. The average Bonchev–Trinajstić information content (AvgIpc) is 2.77. The van der Waals surface area contributed by atoms with E-state index in [9.17, 15) is 0 Å². The summed E-state index contributed by atoms with van der Waals surface area (Å²) in [5, 5.41) is 3.90. The summed E-state index contributed by atoms with van der Waals surface area (Å²) >= 11 is 3.45. The van der Waals surface area contributed by atoms with Gasteiger partial charge >= 0.3 is 0 Å². The van der Waals surface area contributed by atoms with Gasteiger partial charge in [0.15, 0.2) is 5.82 Å². The van der Waals surface area contributed by atoms with E-state index in [1.54, 1.807) is 7.11 Å². The maximum absolute atomic E-state index is 5.70. The molecule has 0 aliphatic carbocycles. The van der Waals surface area contributed by atoms with Crippen molar-refractivity contribution in [1.82, 2.24) is 10.1 Å². The molecule has 0 aliphatic heterocycles. The lowest BCUT2D eigenvalue weighted by Crippen LogP contribution is -2.18. The zero-order valence-electron chi connectivity index (χ0n) is 10.2. The lowest BCUT2D eigenvalue weighted by atomic mass is 10.2. The summed E-state index contributed by atoms with van der Waals surface area (Å²) in [6, 6.07) is 5.58. The molecule has 1 unspecified atom stereocenters. The number of nitrogens with two attached hydrogens (primary N) is 1. The first-order valence-electron chi connectivity index (χ1n) is 5.52. The predicted octanol–water partition coefficient (Wildman–Crippen LogP) is 2.40. The van der Waals surface area contributed by atoms with E-state index in [2.05, 4.69) is 26.1 Å². The van der Waals surface area contributed by atoms with Gasteiger partial charge in [-0.1, -0.05) is 5.16 Å². The zero-order valence-corrected chi connectivity index (χ0v) is 11.8. The van der Waals surface area contributed by atoms with Crippen LogP contribution in [0.15, 0.2) is 27.2 Å². The van der Waals surface area contributed by atoms with Crippen LogP contribution in [0.3, 0.4) is 0 Å². The number of hydrogen-bond donors (Lipinski definition) is 1. The van der Waals surface area contributed by atoms with Gasteiger partial charge in [0.25, 0.3) is 5.89 Å². The number of ether oxygens (including phenoxy) is 1. The van der Waals surface area contributed by atoms with Crippen LogP contribution in [-0.2, 0) is 6.42 Å². The van der Waals surface area contributed by atoms with E-state index in [0.717, 1.165) is 15.8 Å². The number of methoxy groups -OCH3 is 1. The van der Waals surface area contributed by atoms with Crippen molar-refractivity contribution in [1.29, 1.82) is 0 Å². The maximum Gasteiger partial charge on any atom is 0.259 e. The van der Waals surface area contributed by atoms with Crippen molar-refractivity contribution >= 4 is 15.9 Å². The van der Waals surface area contributed by atoms with Gasteiger partial charge in [0.2, 0.25) is 0 Å². The monoisotopic (exact) mass is 311 g/mol. The number of halogens is 1. The summed E-state index contributed by atoms with van der Waals surface area (Å²) in [5.41, 5.74) is 6.50. The van der Waals surface area contributed by atoms with Gasteiger partial charge in [0.05, 0.1) is 12.7 Å². The van der Waals surface area contributed by atoms with Gasteiger partial charge in [0.1, 0.15) is 5.75 Å². The fraction of sp³-hybridized carbons (Fsp3) is 0.333. The van der Waals surface area contributed by atoms with E-state index < -0.39 is 0 Å². The first-order chi connectivity index (χ1) is 8.60. The van der Waals surface area contributed by atoms with Crippen LogP contribution in [-0.4, -0.2) is 23.3 Å². The molecule has 2 N–H and O–H groups in total. The molecule has 2 rings (SSSR count). The van der Waals surface area contributed by atoms with Crippen LogP contribution in [0.2, 0.25) is 0 Å². The van der Waals surface area contributed by atoms with E-state index in [4.69, 9.17) is 15.0 Å². The molecule has 0 saturated carbocycles. The summed E-state index contributed by atoms with van der Waals surface area (Å²) in [4.78, 5) is 4.31. The van der Waals surface area contributed by atoms with Crippen molar-refractivity contribution in [2.75, 3.05) is 7.11 Å². The van der Waals surface area contributed by atoms with E-state index >= 15 is 0 Å².